The zero-order valence-electron chi connectivity index (χ0n) is 14.3. The van der Waals surface area contributed by atoms with Crippen LogP contribution in [0.2, 0.25) is 0 Å². The van der Waals surface area contributed by atoms with Gasteiger partial charge in [-0.25, -0.2) is 13.4 Å². The maximum atomic E-state index is 12.9. The third-order valence-electron chi connectivity index (χ3n) is 4.13. The molecule has 1 aliphatic heterocycles. The summed E-state index contributed by atoms with van der Waals surface area (Å²) in [5.41, 5.74) is 2.16. The summed E-state index contributed by atoms with van der Waals surface area (Å²) in [6.45, 7) is 0.946. The Balaban J connectivity index is 1.65. The second-order valence-electron chi connectivity index (χ2n) is 5.93. The monoisotopic (exact) mass is 465 g/mol. The number of halogens is 1. The van der Waals surface area contributed by atoms with Crippen molar-refractivity contribution in [3.8, 4) is 17.0 Å². The molecule has 3 aromatic rings. The van der Waals surface area contributed by atoms with Gasteiger partial charge in [0.15, 0.2) is 5.16 Å². The quantitative estimate of drug-likeness (QED) is 0.610. The van der Waals surface area contributed by atoms with E-state index in [9.17, 15) is 8.42 Å². The highest BCUT2D eigenvalue weighted by Crippen LogP contribution is 2.32. The highest BCUT2D eigenvalue weighted by atomic mass is 79.9. The molecular formula is C18H16BrN3O3S2. The van der Waals surface area contributed by atoms with Crippen molar-refractivity contribution in [2.24, 2.45) is 0 Å². The first kappa shape index (κ1) is 18.4. The number of benzene rings is 2. The van der Waals surface area contributed by atoms with Crippen LogP contribution in [0.4, 0.5) is 5.69 Å². The molecule has 6 nitrogen and oxygen atoms in total. The number of anilines is 1. The Morgan fingerprint density at radius 1 is 1.26 bits per heavy atom. The Morgan fingerprint density at radius 2 is 2.11 bits per heavy atom. The van der Waals surface area contributed by atoms with Crippen LogP contribution in [0.25, 0.3) is 11.3 Å². The molecule has 4 rings (SSSR count). The zero-order valence-corrected chi connectivity index (χ0v) is 17.6. The molecule has 0 amide bonds. The Labute approximate surface area is 170 Å². The smallest absolute Gasteiger partial charge is 0.265 e. The number of thioether (sulfide) groups is 1. The van der Waals surface area contributed by atoms with Gasteiger partial charge in [0.05, 0.1) is 12.8 Å². The van der Waals surface area contributed by atoms with E-state index in [4.69, 9.17) is 4.74 Å². The van der Waals surface area contributed by atoms with Crippen molar-refractivity contribution in [3.05, 3.63) is 53.1 Å². The summed E-state index contributed by atoms with van der Waals surface area (Å²) in [7, 11) is -2.37. The van der Waals surface area contributed by atoms with Gasteiger partial charge in [0.1, 0.15) is 10.6 Å². The third-order valence-corrected chi connectivity index (χ3v) is 7.00. The van der Waals surface area contributed by atoms with Crippen molar-refractivity contribution in [2.45, 2.75) is 16.6 Å². The Kier molecular flexibility index (Phi) is 4.92. The van der Waals surface area contributed by atoms with Gasteiger partial charge >= 0.3 is 0 Å². The molecule has 1 aromatic heterocycles. The van der Waals surface area contributed by atoms with Crippen LogP contribution in [0.1, 0.15) is 0 Å². The Bertz CT molecular complexity index is 1090. The molecule has 0 saturated carbocycles. The number of imidazole rings is 1. The molecule has 9 heteroatoms. The summed E-state index contributed by atoms with van der Waals surface area (Å²) in [5.74, 6) is 1.32. The number of hydrogen-bond acceptors (Lipinski definition) is 5. The lowest BCUT2D eigenvalue weighted by Crippen LogP contribution is -2.14. The van der Waals surface area contributed by atoms with Crippen LogP contribution in [0.3, 0.4) is 0 Å². The maximum absolute atomic E-state index is 12.9. The summed E-state index contributed by atoms with van der Waals surface area (Å²) in [6.07, 6.45) is 2.00. The second-order valence-corrected chi connectivity index (χ2v) is 9.56. The van der Waals surface area contributed by atoms with E-state index in [1.165, 1.54) is 13.2 Å². The number of aryl methyl sites for hydroxylation is 1. The third kappa shape index (κ3) is 3.71. The van der Waals surface area contributed by atoms with Gasteiger partial charge in [-0.3, -0.25) is 4.72 Å². The van der Waals surface area contributed by atoms with E-state index >= 15 is 0 Å². The van der Waals surface area contributed by atoms with Gasteiger partial charge in [-0.05, 0) is 30.3 Å². The molecule has 2 heterocycles. The lowest BCUT2D eigenvalue weighted by Gasteiger charge is -2.12. The molecule has 0 fully saturated rings. The van der Waals surface area contributed by atoms with Gasteiger partial charge in [-0.1, -0.05) is 39.8 Å². The molecule has 140 valence electrons. The molecular weight excluding hydrogens is 450 g/mol. The largest absolute Gasteiger partial charge is 0.495 e. The van der Waals surface area contributed by atoms with Crippen LogP contribution in [0, 0.1) is 0 Å². The van der Waals surface area contributed by atoms with Gasteiger partial charge in [-0.15, -0.1) is 0 Å². The summed E-state index contributed by atoms with van der Waals surface area (Å²) in [4.78, 5) is 4.69. The highest BCUT2D eigenvalue weighted by molar-refractivity contribution is 9.10. The number of nitrogens with one attached hydrogen (secondary N) is 1. The topological polar surface area (TPSA) is 73.2 Å². The Hall–Kier alpha value is -1.97. The molecule has 1 aliphatic rings. The average Bonchev–Trinajstić information content (AvgIpc) is 3.23. The first-order valence-electron chi connectivity index (χ1n) is 8.13. The van der Waals surface area contributed by atoms with E-state index < -0.39 is 10.0 Å². The minimum absolute atomic E-state index is 0.0714. The van der Waals surface area contributed by atoms with Crippen molar-refractivity contribution in [1.82, 2.24) is 9.55 Å². The van der Waals surface area contributed by atoms with Crippen LogP contribution in [0.15, 0.2) is 63.2 Å². The molecule has 0 bridgehead atoms. The first-order chi connectivity index (χ1) is 13.0. The number of methoxy groups -OCH3 is 1. The lowest BCUT2D eigenvalue weighted by molar-refractivity contribution is 0.403. The normalized spacial score (nSPS) is 13.4. The second kappa shape index (κ2) is 7.21. The molecule has 0 radical (unpaired) electrons. The molecule has 0 spiro atoms. The van der Waals surface area contributed by atoms with Crippen LogP contribution in [-0.4, -0.2) is 30.8 Å². The van der Waals surface area contributed by atoms with E-state index in [0.29, 0.717) is 10.2 Å². The van der Waals surface area contributed by atoms with Gasteiger partial charge in [0.25, 0.3) is 10.0 Å². The SMILES string of the molecule is COc1ccc(Br)cc1S(=O)(=O)Nc1cccc(-c2cn3c(n2)SCC3)c1. The van der Waals surface area contributed by atoms with E-state index in [2.05, 4.69) is 30.2 Å². The van der Waals surface area contributed by atoms with Crippen LogP contribution < -0.4 is 9.46 Å². The molecule has 0 atom stereocenters. The highest BCUT2D eigenvalue weighted by Gasteiger charge is 2.21. The number of hydrogen-bond donors (Lipinski definition) is 1. The van der Waals surface area contributed by atoms with Gasteiger partial charge in [0, 0.05) is 34.2 Å². The fraction of sp³-hybridized carbons (Fsp3) is 0.167. The predicted molar refractivity (Wildman–Crippen MR) is 110 cm³/mol. The van der Waals surface area contributed by atoms with Crippen molar-refractivity contribution >= 4 is 43.4 Å². The number of nitrogens with zero attached hydrogens (tertiary/aromatic N) is 2. The number of ether oxygens (including phenoxy) is 1. The van der Waals surface area contributed by atoms with Crippen molar-refractivity contribution in [3.63, 3.8) is 0 Å². The average molecular weight is 466 g/mol. The predicted octanol–water partition coefficient (Wildman–Crippen LogP) is 4.23. The van der Waals surface area contributed by atoms with E-state index in [1.54, 1.807) is 36.0 Å². The summed E-state index contributed by atoms with van der Waals surface area (Å²) < 4.78 is 36.3. The van der Waals surface area contributed by atoms with Gasteiger partial charge < -0.3 is 9.30 Å². The maximum Gasteiger partial charge on any atom is 0.265 e. The standard InChI is InChI=1S/C18H16BrN3O3S2/c1-25-16-6-5-13(19)10-17(16)27(23,24)21-14-4-2-3-12(9-14)15-11-22-7-8-26-18(22)20-15/h2-6,9-11,21H,7-8H2,1H3. The lowest BCUT2D eigenvalue weighted by atomic mass is 10.1. The van der Waals surface area contributed by atoms with Crippen LogP contribution >= 0.6 is 27.7 Å². The van der Waals surface area contributed by atoms with Gasteiger partial charge in [-0.2, -0.15) is 0 Å². The molecule has 1 N–H and O–H groups in total. The molecule has 2 aromatic carbocycles. The van der Waals surface area contributed by atoms with Crippen molar-refractivity contribution < 1.29 is 13.2 Å². The number of sulfonamides is 1. The number of aromatic nitrogens is 2. The molecule has 0 aliphatic carbocycles. The van der Waals surface area contributed by atoms with Crippen LogP contribution in [-0.2, 0) is 16.6 Å². The van der Waals surface area contributed by atoms with Gasteiger partial charge in [0.2, 0.25) is 0 Å². The van der Waals surface area contributed by atoms with Crippen molar-refractivity contribution in [2.75, 3.05) is 17.6 Å². The number of rotatable bonds is 5. The van der Waals surface area contributed by atoms with E-state index in [-0.39, 0.29) is 10.6 Å². The minimum atomic E-state index is -3.81. The number of fused-ring (bicyclic) bond motifs is 1. The first-order valence-corrected chi connectivity index (χ1v) is 11.4. The summed E-state index contributed by atoms with van der Waals surface area (Å²) >= 11 is 5.03. The molecule has 0 saturated heterocycles. The fourth-order valence-corrected chi connectivity index (χ4v) is 5.56. The Morgan fingerprint density at radius 3 is 2.89 bits per heavy atom. The zero-order chi connectivity index (χ0) is 19.0. The molecule has 0 unspecified atom stereocenters. The summed E-state index contributed by atoms with van der Waals surface area (Å²) in [5, 5.41) is 0.995. The molecule has 27 heavy (non-hydrogen) atoms. The van der Waals surface area contributed by atoms with Crippen LogP contribution in [0.5, 0.6) is 5.75 Å². The van der Waals surface area contributed by atoms with E-state index in [1.807, 2.05) is 18.3 Å². The van der Waals surface area contributed by atoms with Crippen molar-refractivity contribution in [1.29, 1.82) is 0 Å². The minimum Gasteiger partial charge on any atom is -0.495 e. The van der Waals surface area contributed by atoms with E-state index in [0.717, 1.165) is 28.7 Å². The summed E-state index contributed by atoms with van der Waals surface area (Å²) in [6, 6.07) is 12.1. The fourth-order valence-electron chi connectivity index (χ4n) is 2.86.